The molecule has 5 nitrogen and oxygen atoms in total. The fraction of sp³-hybridized carbons (Fsp3) is 0.733. The minimum atomic E-state index is 0.134. The van der Waals surface area contributed by atoms with Gasteiger partial charge in [-0.15, -0.1) is 11.3 Å². The summed E-state index contributed by atoms with van der Waals surface area (Å²) in [4.78, 5) is 22.1. The summed E-state index contributed by atoms with van der Waals surface area (Å²) in [7, 11) is 0. The molecule has 1 amide bonds. The molecule has 0 aromatic carbocycles. The number of nitrogens with zero attached hydrogens (tertiary/aromatic N) is 3. The van der Waals surface area contributed by atoms with E-state index in [0.717, 1.165) is 55.0 Å². The monoisotopic (exact) mass is 311 g/mol. The van der Waals surface area contributed by atoms with Gasteiger partial charge in [-0.25, -0.2) is 4.98 Å². The molecule has 0 bridgehead atoms. The number of carbonyl (C=O) groups is 1. The zero-order valence-electron chi connectivity index (χ0n) is 13.4. The van der Waals surface area contributed by atoms with E-state index in [1.807, 2.05) is 25.7 Å². The van der Waals surface area contributed by atoms with Crippen molar-refractivity contribution in [2.24, 2.45) is 0 Å². The number of hydrogen-bond donors (Lipinski definition) is 0. The highest BCUT2D eigenvalue weighted by molar-refractivity contribution is 7.13. The Labute approximate surface area is 130 Å². The Morgan fingerprint density at radius 3 is 2.76 bits per heavy atom. The predicted molar refractivity (Wildman–Crippen MR) is 85.0 cm³/mol. The molecule has 0 radical (unpaired) electrons. The maximum Gasteiger partial charge on any atom is 0.265 e. The van der Waals surface area contributed by atoms with E-state index in [2.05, 4.69) is 16.8 Å². The van der Waals surface area contributed by atoms with Crippen molar-refractivity contribution in [1.29, 1.82) is 0 Å². The second kappa shape index (κ2) is 7.33. The van der Waals surface area contributed by atoms with E-state index in [1.165, 1.54) is 11.3 Å². The molecule has 0 saturated carbocycles. The molecule has 1 aliphatic rings. The minimum Gasteiger partial charge on any atom is -0.380 e. The van der Waals surface area contributed by atoms with E-state index in [4.69, 9.17) is 4.74 Å². The smallest absolute Gasteiger partial charge is 0.265 e. The van der Waals surface area contributed by atoms with Crippen molar-refractivity contribution in [3.05, 3.63) is 15.6 Å². The number of hydrogen-bond acceptors (Lipinski definition) is 5. The highest BCUT2D eigenvalue weighted by Gasteiger charge is 2.28. The van der Waals surface area contributed by atoms with E-state index in [1.54, 1.807) is 0 Å². The standard InChI is InChI=1S/C15H25N3O2S/c1-5-20-9-8-17-6-7-18(10-11(17)2)15(19)14-12(3)16-13(4)21-14/h11H,5-10H2,1-4H3. The lowest BCUT2D eigenvalue weighted by atomic mass is 10.2. The topological polar surface area (TPSA) is 45.7 Å². The lowest BCUT2D eigenvalue weighted by Crippen LogP contribution is -2.54. The van der Waals surface area contributed by atoms with Crippen molar-refractivity contribution in [2.75, 3.05) is 39.4 Å². The molecule has 1 aromatic heterocycles. The van der Waals surface area contributed by atoms with Crippen LogP contribution < -0.4 is 0 Å². The molecule has 0 aliphatic carbocycles. The number of carbonyl (C=O) groups excluding carboxylic acids is 1. The number of rotatable bonds is 5. The van der Waals surface area contributed by atoms with E-state index in [-0.39, 0.29) is 5.91 Å². The maximum absolute atomic E-state index is 12.6. The SMILES string of the molecule is CCOCCN1CCN(C(=O)c2sc(C)nc2C)CC1C. The van der Waals surface area contributed by atoms with Crippen LogP contribution in [-0.2, 0) is 4.74 Å². The van der Waals surface area contributed by atoms with Crippen LogP contribution in [0.3, 0.4) is 0 Å². The average molecular weight is 311 g/mol. The van der Waals surface area contributed by atoms with Crippen LogP contribution in [0.15, 0.2) is 0 Å². The molecule has 0 N–H and O–H groups in total. The van der Waals surface area contributed by atoms with Gasteiger partial charge in [0.05, 0.1) is 17.3 Å². The van der Waals surface area contributed by atoms with E-state index >= 15 is 0 Å². The minimum absolute atomic E-state index is 0.134. The van der Waals surface area contributed by atoms with Gasteiger partial charge in [0.2, 0.25) is 0 Å². The first-order chi connectivity index (χ1) is 10.0. The number of ether oxygens (including phenoxy) is 1. The van der Waals surface area contributed by atoms with Crippen LogP contribution in [0.4, 0.5) is 0 Å². The lowest BCUT2D eigenvalue weighted by molar-refractivity contribution is 0.0395. The Bertz CT molecular complexity index is 489. The van der Waals surface area contributed by atoms with Crippen LogP contribution in [0.2, 0.25) is 0 Å². The molecule has 6 heteroatoms. The zero-order chi connectivity index (χ0) is 15.4. The Morgan fingerprint density at radius 1 is 1.43 bits per heavy atom. The number of aryl methyl sites for hydroxylation is 2. The quantitative estimate of drug-likeness (QED) is 0.780. The molecule has 0 spiro atoms. The van der Waals surface area contributed by atoms with Gasteiger partial charge in [-0.3, -0.25) is 9.69 Å². The molecule has 2 rings (SSSR count). The van der Waals surface area contributed by atoms with E-state index < -0.39 is 0 Å². The molecule has 2 heterocycles. The van der Waals surface area contributed by atoms with E-state index in [9.17, 15) is 4.79 Å². The number of piperazine rings is 1. The van der Waals surface area contributed by atoms with Crippen molar-refractivity contribution in [3.63, 3.8) is 0 Å². The Balaban J connectivity index is 1.92. The Morgan fingerprint density at radius 2 is 2.19 bits per heavy atom. The van der Waals surface area contributed by atoms with Crippen molar-refractivity contribution in [3.8, 4) is 0 Å². The van der Waals surface area contributed by atoms with Gasteiger partial charge >= 0.3 is 0 Å². The average Bonchev–Trinajstić information content (AvgIpc) is 2.79. The van der Waals surface area contributed by atoms with Gasteiger partial charge in [0.1, 0.15) is 4.88 Å². The fourth-order valence-electron chi connectivity index (χ4n) is 2.71. The largest absolute Gasteiger partial charge is 0.380 e. The number of aromatic nitrogens is 1. The van der Waals surface area contributed by atoms with Gasteiger partial charge < -0.3 is 9.64 Å². The van der Waals surface area contributed by atoms with Crippen molar-refractivity contribution in [1.82, 2.24) is 14.8 Å². The van der Waals surface area contributed by atoms with E-state index in [0.29, 0.717) is 6.04 Å². The first kappa shape index (κ1) is 16.4. The summed E-state index contributed by atoms with van der Waals surface area (Å²) in [6, 6.07) is 0.373. The molecule has 1 aliphatic heterocycles. The van der Waals surface area contributed by atoms with Gasteiger partial charge in [0, 0.05) is 38.8 Å². The summed E-state index contributed by atoms with van der Waals surface area (Å²) < 4.78 is 5.42. The first-order valence-electron chi connectivity index (χ1n) is 7.58. The summed E-state index contributed by atoms with van der Waals surface area (Å²) in [6.07, 6.45) is 0. The molecular weight excluding hydrogens is 286 g/mol. The van der Waals surface area contributed by atoms with Crippen LogP contribution in [-0.4, -0.2) is 66.1 Å². The van der Waals surface area contributed by atoms with Gasteiger partial charge in [-0.05, 0) is 27.7 Å². The normalized spacial score (nSPS) is 20.0. The molecule has 1 aromatic rings. The van der Waals surface area contributed by atoms with Gasteiger partial charge in [0.25, 0.3) is 5.91 Å². The fourth-order valence-corrected chi connectivity index (χ4v) is 3.60. The third-order valence-corrected chi connectivity index (χ3v) is 4.94. The van der Waals surface area contributed by atoms with Crippen LogP contribution in [0.1, 0.15) is 34.2 Å². The summed E-state index contributed by atoms with van der Waals surface area (Å²) in [5.41, 5.74) is 0.855. The number of amides is 1. The predicted octanol–water partition coefficient (Wildman–Crippen LogP) is 1.94. The molecule has 1 unspecified atom stereocenters. The third-order valence-electron chi connectivity index (χ3n) is 3.88. The second-order valence-corrected chi connectivity index (χ2v) is 6.68. The summed E-state index contributed by atoms with van der Waals surface area (Å²) >= 11 is 1.50. The summed E-state index contributed by atoms with van der Waals surface area (Å²) in [5.74, 6) is 0.134. The third kappa shape index (κ3) is 4.02. The van der Waals surface area contributed by atoms with Gasteiger partial charge in [0.15, 0.2) is 0 Å². The van der Waals surface area contributed by atoms with Gasteiger partial charge in [-0.2, -0.15) is 0 Å². The molecule has 1 fully saturated rings. The summed E-state index contributed by atoms with van der Waals surface area (Å²) in [6.45, 7) is 13.0. The first-order valence-corrected chi connectivity index (χ1v) is 8.39. The highest BCUT2D eigenvalue weighted by atomic mass is 32.1. The molecule has 1 atom stereocenters. The number of thiazole rings is 1. The van der Waals surface area contributed by atoms with Crippen molar-refractivity contribution >= 4 is 17.2 Å². The summed E-state index contributed by atoms with van der Waals surface area (Å²) in [5, 5.41) is 0.958. The van der Waals surface area contributed by atoms with Crippen molar-refractivity contribution < 1.29 is 9.53 Å². The second-order valence-electron chi connectivity index (χ2n) is 5.48. The van der Waals surface area contributed by atoms with Crippen LogP contribution in [0, 0.1) is 13.8 Å². The Kier molecular flexibility index (Phi) is 5.72. The van der Waals surface area contributed by atoms with Crippen LogP contribution in [0.25, 0.3) is 0 Å². The molecule has 1 saturated heterocycles. The van der Waals surface area contributed by atoms with Crippen LogP contribution in [0.5, 0.6) is 0 Å². The lowest BCUT2D eigenvalue weighted by Gasteiger charge is -2.39. The Hall–Kier alpha value is -0.980. The molecule has 118 valence electrons. The maximum atomic E-state index is 12.6. The highest BCUT2D eigenvalue weighted by Crippen LogP contribution is 2.21. The molecule has 21 heavy (non-hydrogen) atoms. The van der Waals surface area contributed by atoms with Gasteiger partial charge in [-0.1, -0.05) is 0 Å². The van der Waals surface area contributed by atoms with Crippen LogP contribution >= 0.6 is 11.3 Å². The molecular formula is C15H25N3O2S. The zero-order valence-corrected chi connectivity index (χ0v) is 14.2. The van der Waals surface area contributed by atoms with Crippen molar-refractivity contribution in [2.45, 2.75) is 33.7 Å².